The number of piperidine rings is 1. The zero-order valence-electron chi connectivity index (χ0n) is 15.3. The van der Waals surface area contributed by atoms with E-state index in [-0.39, 0.29) is 24.6 Å². The van der Waals surface area contributed by atoms with Crippen LogP contribution in [-0.4, -0.2) is 81.2 Å². The van der Waals surface area contributed by atoms with Gasteiger partial charge in [-0.1, -0.05) is 13.3 Å². The van der Waals surface area contributed by atoms with Gasteiger partial charge in [0.05, 0.1) is 7.11 Å². The number of likely N-dealkylation sites (tertiary alicyclic amines) is 1. The molecule has 0 radical (unpaired) electrons. The quantitative estimate of drug-likeness (QED) is 0.421. The number of likely N-dealkylation sites (N-methyl/N-ethyl adjacent to an activating group) is 1. The Bertz CT molecular complexity index is 431. The SMILES string of the molecule is CCCCNC(=NCC(=O)N(C)C)NC1CCN(C(=O)OC)CC1. The number of hydrogen-bond acceptors (Lipinski definition) is 4. The second-order valence-corrected chi connectivity index (χ2v) is 6.11. The van der Waals surface area contributed by atoms with Crippen LogP contribution < -0.4 is 10.6 Å². The van der Waals surface area contributed by atoms with Gasteiger partial charge in [-0.2, -0.15) is 0 Å². The molecule has 0 aliphatic carbocycles. The van der Waals surface area contributed by atoms with E-state index in [1.165, 1.54) is 12.0 Å². The van der Waals surface area contributed by atoms with Gasteiger partial charge < -0.3 is 25.2 Å². The summed E-state index contributed by atoms with van der Waals surface area (Å²) in [6, 6.07) is 0.230. The molecule has 1 saturated heterocycles. The van der Waals surface area contributed by atoms with E-state index in [1.54, 1.807) is 19.0 Å². The third-order valence-corrected chi connectivity index (χ3v) is 3.96. The number of unbranched alkanes of at least 4 members (excludes halogenated alkanes) is 1. The van der Waals surface area contributed by atoms with Crippen LogP contribution >= 0.6 is 0 Å². The van der Waals surface area contributed by atoms with Crippen molar-refractivity contribution in [2.24, 2.45) is 4.99 Å². The van der Waals surface area contributed by atoms with Gasteiger partial charge in [0.25, 0.3) is 0 Å². The largest absolute Gasteiger partial charge is 0.453 e. The first-order chi connectivity index (χ1) is 11.5. The molecule has 8 nitrogen and oxygen atoms in total. The highest BCUT2D eigenvalue weighted by atomic mass is 16.5. The minimum absolute atomic E-state index is 0.0351. The third-order valence-electron chi connectivity index (χ3n) is 3.96. The monoisotopic (exact) mass is 341 g/mol. The van der Waals surface area contributed by atoms with E-state index >= 15 is 0 Å². The highest BCUT2D eigenvalue weighted by Crippen LogP contribution is 2.11. The summed E-state index contributed by atoms with van der Waals surface area (Å²) >= 11 is 0. The molecule has 8 heteroatoms. The molecule has 0 aromatic rings. The Kier molecular flexibility index (Phi) is 8.96. The Balaban J connectivity index is 2.53. The number of rotatable bonds is 6. The molecule has 24 heavy (non-hydrogen) atoms. The molecule has 0 bridgehead atoms. The number of nitrogens with one attached hydrogen (secondary N) is 2. The fraction of sp³-hybridized carbons (Fsp3) is 0.812. The van der Waals surface area contributed by atoms with Crippen molar-refractivity contribution in [3.63, 3.8) is 0 Å². The van der Waals surface area contributed by atoms with Crippen LogP contribution in [0.15, 0.2) is 4.99 Å². The number of guanidine groups is 1. The maximum atomic E-state index is 11.7. The van der Waals surface area contributed by atoms with Crippen LogP contribution in [0.3, 0.4) is 0 Å². The number of ether oxygens (including phenoxy) is 1. The third kappa shape index (κ3) is 7.06. The summed E-state index contributed by atoms with van der Waals surface area (Å²) < 4.78 is 4.75. The Hall–Kier alpha value is -1.99. The van der Waals surface area contributed by atoms with Gasteiger partial charge in [-0.15, -0.1) is 0 Å². The van der Waals surface area contributed by atoms with E-state index in [9.17, 15) is 9.59 Å². The molecule has 1 aliphatic rings. The van der Waals surface area contributed by atoms with Crippen molar-refractivity contribution >= 4 is 18.0 Å². The summed E-state index contributed by atoms with van der Waals surface area (Å²) in [6.07, 6.45) is 3.51. The number of hydrogen-bond donors (Lipinski definition) is 2. The maximum Gasteiger partial charge on any atom is 0.409 e. The zero-order valence-corrected chi connectivity index (χ0v) is 15.3. The molecule has 2 N–H and O–H groups in total. The minimum Gasteiger partial charge on any atom is -0.453 e. The van der Waals surface area contributed by atoms with E-state index in [2.05, 4.69) is 22.5 Å². The molecule has 2 amide bonds. The molecule has 0 unspecified atom stereocenters. The highest BCUT2D eigenvalue weighted by molar-refractivity contribution is 5.84. The molecule has 0 atom stereocenters. The van der Waals surface area contributed by atoms with Crippen molar-refractivity contribution in [3.8, 4) is 0 Å². The number of carbonyl (C=O) groups is 2. The van der Waals surface area contributed by atoms with E-state index in [4.69, 9.17) is 4.74 Å². The van der Waals surface area contributed by atoms with Crippen molar-refractivity contribution < 1.29 is 14.3 Å². The zero-order chi connectivity index (χ0) is 17.9. The van der Waals surface area contributed by atoms with Crippen molar-refractivity contribution in [2.75, 3.05) is 47.4 Å². The van der Waals surface area contributed by atoms with Gasteiger partial charge >= 0.3 is 6.09 Å². The van der Waals surface area contributed by atoms with Crippen LogP contribution in [0.5, 0.6) is 0 Å². The first kappa shape index (κ1) is 20.1. The molecular formula is C16H31N5O3. The lowest BCUT2D eigenvalue weighted by Crippen LogP contribution is -2.50. The first-order valence-corrected chi connectivity index (χ1v) is 8.55. The van der Waals surface area contributed by atoms with E-state index in [1.807, 2.05) is 0 Å². The summed E-state index contributed by atoms with van der Waals surface area (Å²) in [4.78, 5) is 30.9. The summed E-state index contributed by atoms with van der Waals surface area (Å²) in [5.74, 6) is 0.627. The van der Waals surface area contributed by atoms with Gasteiger partial charge in [0.1, 0.15) is 6.54 Å². The number of methoxy groups -OCH3 is 1. The van der Waals surface area contributed by atoms with Crippen LogP contribution in [0.2, 0.25) is 0 Å². The van der Waals surface area contributed by atoms with E-state index in [0.717, 1.165) is 32.2 Å². The predicted molar refractivity (Wildman–Crippen MR) is 94.0 cm³/mol. The Morgan fingerprint density at radius 3 is 2.50 bits per heavy atom. The van der Waals surface area contributed by atoms with Gasteiger partial charge in [-0.05, 0) is 19.3 Å². The minimum atomic E-state index is -0.278. The van der Waals surface area contributed by atoms with Crippen molar-refractivity contribution in [2.45, 2.75) is 38.6 Å². The molecule has 138 valence electrons. The van der Waals surface area contributed by atoms with Crippen LogP contribution in [0, 0.1) is 0 Å². The molecule has 1 heterocycles. The lowest BCUT2D eigenvalue weighted by atomic mass is 10.1. The first-order valence-electron chi connectivity index (χ1n) is 8.55. The van der Waals surface area contributed by atoms with Crippen molar-refractivity contribution in [3.05, 3.63) is 0 Å². The Morgan fingerprint density at radius 2 is 1.96 bits per heavy atom. The van der Waals surface area contributed by atoms with Gasteiger partial charge in [-0.3, -0.25) is 4.79 Å². The van der Waals surface area contributed by atoms with Gasteiger partial charge in [0, 0.05) is 39.8 Å². The molecule has 0 spiro atoms. The van der Waals surface area contributed by atoms with E-state index < -0.39 is 0 Å². The number of nitrogens with zero attached hydrogens (tertiary/aromatic N) is 3. The Morgan fingerprint density at radius 1 is 1.29 bits per heavy atom. The average molecular weight is 341 g/mol. The molecule has 1 aliphatic heterocycles. The lowest BCUT2D eigenvalue weighted by Gasteiger charge is -2.32. The number of aliphatic imine (C=N–C) groups is 1. The summed E-state index contributed by atoms with van der Waals surface area (Å²) in [5, 5.41) is 6.65. The average Bonchev–Trinajstić information content (AvgIpc) is 2.59. The second kappa shape index (κ2) is 10.7. The maximum absolute atomic E-state index is 11.7. The molecular weight excluding hydrogens is 310 g/mol. The number of amides is 2. The highest BCUT2D eigenvalue weighted by Gasteiger charge is 2.23. The fourth-order valence-electron chi connectivity index (χ4n) is 2.35. The van der Waals surface area contributed by atoms with Crippen molar-refractivity contribution in [1.29, 1.82) is 0 Å². The van der Waals surface area contributed by atoms with Crippen LogP contribution in [-0.2, 0) is 9.53 Å². The van der Waals surface area contributed by atoms with Crippen molar-refractivity contribution in [1.82, 2.24) is 20.4 Å². The molecule has 0 saturated carbocycles. The van der Waals surface area contributed by atoms with Gasteiger partial charge in [0.15, 0.2) is 5.96 Å². The standard InChI is InChI=1S/C16H31N5O3/c1-5-6-9-17-15(18-12-14(22)20(2)3)19-13-7-10-21(11-8-13)16(23)24-4/h13H,5-12H2,1-4H3,(H2,17,18,19). The van der Waals surface area contributed by atoms with Crippen LogP contribution in [0.1, 0.15) is 32.6 Å². The summed E-state index contributed by atoms with van der Waals surface area (Å²) in [5.41, 5.74) is 0. The molecule has 0 aromatic carbocycles. The van der Waals surface area contributed by atoms with Gasteiger partial charge in [-0.25, -0.2) is 9.79 Å². The summed E-state index contributed by atoms with van der Waals surface area (Å²) in [7, 11) is 4.84. The molecule has 1 rings (SSSR count). The lowest BCUT2D eigenvalue weighted by molar-refractivity contribution is -0.127. The van der Waals surface area contributed by atoms with Crippen LogP contribution in [0.4, 0.5) is 4.79 Å². The normalized spacial score (nSPS) is 15.8. The second-order valence-electron chi connectivity index (χ2n) is 6.11. The summed E-state index contributed by atoms with van der Waals surface area (Å²) in [6.45, 7) is 4.38. The predicted octanol–water partition coefficient (Wildman–Crippen LogP) is 0.641. The van der Waals surface area contributed by atoms with E-state index in [0.29, 0.717) is 19.0 Å². The topological polar surface area (TPSA) is 86.3 Å². The smallest absolute Gasteiger partial charge is 0.409 e. The Labute approximate surface area is 144 Å². The van der Waals surface area contributed by atoms with Gasteiger partial charge in [0.2, 0.25) is 5.91 Å². The number of carbonyl (C=O) groups excluding carboxylic acids is 2. The molecule has 0 aromatic heterocycles. The fourth-order valence-corrected chi connectivity index (χ4v) is 2.35. The van der Waals surface area contributed by atoms with Crippen LogP contribution in [0.25, 0.3) is 0 Å². The molecule has 1 fully saturated rings.